The molecule has 20 heavy (non-hydrogen) atoms. The lowest BCUT2D eigenvalue weighted by Crippen LogP contribution is -2.25. The summed E-state index contributed by atoms with van der Waals surface area (Å²) in [6.07, 6.45) is 6.45. The summed E-state index contributed by atoms with van der Waals surface area (Å²) in [6.45, 7) is 5.99. The summed E-state index contributed by atoms with van der Waals surface area (Å²) in [5.41, 5.74) is 0.659. The SMILES string of the molecule is CCC(C)OCC(=O)Nc1cncnc1N1CCCC1. The molecular weight excluding hydrogens is 256 g/mol. The summed E-state index contributed by atoms with van der Waals surface area (Å²) in [5, 5.41) is 2.84. The topological polar surface area (TPSA) is 67.3 Å². The molecule has 1 unspecified atom stereocenters. The molecule has 1 aromatic rings. The number of rotatable bonds is 6. The molecule has 0 aliphatic carbocycles. The highest BCUT2D eigenvalue weighted by molar-refractivity contribution is 5.94. The number of aromatic nitrogens is 2. The second-order valence-corrected chi connectivity index (χ2v) is 5.03. The average molecular weight is 278 g/mol. The maximum atomic E-state index is 11.9. The Morgan fingerprint density at radius 3 is 2.95 bits per heavy atom. The van der Waals surface area contributed by atoms with E-state index in [-0.39, 0.29) is 18.6 Å². The molecule has 6 nitrogen and oxygen atoms in total. The second-order valence-electron chi connectivity index (χ2n) is 5.03. The van der Waals surface area contributed by atoms with Crippen LogP contribution in [0.1, 0.15) is 33.1 Å². The van der Waals surface area contributed by atoms with E-state index in [1.807, 2.05) is 13.8 Å². The van der Waals surface area contributed by atoms with Crippen LogP contribution in [0.2, 0.25) is 0 Å². The van der Waals surface area contributed by atoms with Crippen LogP contribution in [0.3, 0.4) is 0 Å². The highest BCUT2D eigenvalue weighted by Gasteiger charge is 2.18. The summed E-state index contributed by atoms with van der Waals surface area (Å²) < 4.78 is 5.42. The molecule has 1 fully saturated rings. The van der Waals surface area contributed by atoms with Gasteiger partial charge in [0.25, 0.3) is 5.91 Å². The van der Waals surface area contributed by atoms with Crippen molar-refractivity contribution in [3.8, 4) is 0 Å². The van der Waals surface area contributed by atoms with Crippen molar-refractivity contribution in [1.82, 2.24) is 9.97 Å². The number of nitrogens with one attached hydrogen (secondary N) is 1. The Balaban J connectivity index is 1.96. The van der Waals surface area contributed by atoms with Crippen LogP contribution in [-0.4, -0.2) is 41.7 Å². The van der Waals surface area contributed by atoms with Gasteiger partial charge in [-0.05, 0) is 26.2 Å². The third-order valence-electron chi connectivity index (χ3n) is 3.44. The van der Waals surface area contributed by atoms with Gasteiger partial charge in [-0.1, -0.05) is 6.92 Å². The van der Waals surface area contributed by atoms with Crippen LogP contribution >= 0.6 is 0 Å². The van der Waals surface area contributed by atoms with E-state index in [9.17, 15) is 4.79 Å². The quantitative estimate of drug-likeness (QED) is 0.860. The molecule has 0 aromatic carbocycles. The van der Waals surface area contributed by atoms with Gasteiger partial charge >= 0.3 is 0 Å². The number of nitrogens with zero attached hydrogens (tertiary/aromatic N) is 3. The van der Waals surface area contributed by atoms with Gasteiger partial charge in [-0.15, -0.1) is 0 Å². The van der Waals surface area contributed by atoms with Gasteiger partial charge in [0.1, 0.15) is 18.6 Å². The molecule has 1 saturated heterocycles. The Kier molecular flexibility index (Phi) is 5.29. The van der Waals surface area contributed by atoms with E-state index in [2.05, 4.69) is 20.2 Å². The van der Waals surface area contributed by atoms with E-state index >= 15 is 0 Å². The molecule has 1 aromatic heterocycles. The minimum absolute atomic E-state index is 0.0589. The van der Waals surface area contributed by atoms with Gasteiger partial charge in [-0.3, -0.25) is 4.79 Å². The minimum Gasteiger partial charge on any atom is -0.369 e. The third-order valence-corrected chi connectivity index (χ3v) is 3.44. The molecule has 1 aliphatic rings. The zero-order chi connectivity index (χ0) is 14.4. The van der Waals surface area contributed by atoms with Gasteiger partial charge < -0.3 is 15.0 Å². The number of carbonyl (C=O) groups is 1. The molecule has 0 spiro atoms. The maximum Gasteiger partial charge on any atom is 0.250 e. The van der Waals surface area contributed by atoms with Crippen molar-refractivity contribution in [3.05, 3.63) is 12.5 Å². The van der Waals surface area contributed by atoms with Crippen LogP contribution in [0.15, 0.2) is 12.5 Å². The normalized spacial score (nSPS) is 16.2. The van der Waals surface area contributed by atoms with Crippen LogP contribution in [0.4, 0.5) is 11.5 Å². The zero-order valence-electron chi connectivity index (χ0n) is 12.1. The van der Waals surface area contributed by atoms with Gasteiger partial charge in [-0.2, -0.15) is 0 Å². The molecule has 0 bridgehead atoms. The molecule has 110 valence electrons. The van der Waals surface area contributed by atoms with E-state index in [0.717, 1.165) is 38.2 Å². The van der Waals surface area contributed by atoms with Crippen molar-refractivity contribution in [1.29, 1.82) is 0 Å². The van der Waals surface area contributed by atoms with Crippen molar-refractivity contribution >= 4 is 17.4 Å². The van der Waals surface area contributed by atoms with Gasteiger partial charge in [0.15, 0.2) is 5.82 Å². The fourth-order valence-corrected chi connectivity index (χ4v) is 2.11. The fraction of sp³-hybridized carbons (Fsp3) is 0.643. The summed E-state index contributed by atoms with van der Waals surface area (Å²) in [4.78, 5) is 22.3. The minimum atomic E-state index is -0.166. The number of ether oxygens (including phenoxy) is 1. The lowest BCUT2D eigenvalue weighted by atomic mass is 10.3. The fourth-order valence-electron chi connectivity index (χ4n) is 2.11. The molecule has 0 radical (unpaired) electrons. The Morgan fingerprint density at radius 2 is 2.25 bits per heavy atom. The first-order valence-electron chi connectivity index (χ1n) is 7.17. The lowest BCUT2D eigenvalue weighted by molar-refractivity contribution is -0.122. The molecular formula is C14H22N4O2. The van der Waals surface area contributed by atoms with E-state index in [1.54, 1.807) is 6.20 Å². The van der Waals surface area contributed by atoms with Gasteiger partial charge in [0.05, 0.1) is 12.3 Å². The van der Waals surface area contributed by atoms with E-state index < -0.39 is 0 Å². The summed E-state index contributed by atoms with van der Waals surface area (Å²) in [7, 11) is 0. The van der Waals surface area contributed by atoms with Crippen molar-refractivity contribution in [2.24, 2.45) is 0 Å². The number of hydrogen-bond donors (Lipinski definition) is 1. The Morgan fingerprint density at radius 1 is 1.50 bits per heavy atom. The molecule has 1 amide bonds. The third kappa shape index (κ3) is 3.90. The molecule has 1 N–H and O–H groups in total. The molecule has 1 aliphatic heterocycles. The maximum absolute atomic E-state index is 11.9. The number of carbonyl (C=O) groups excluding carboxylic acids is 1. The van der Waals surface area contributed by atoms with Crippen LogP contribution < -0.4 is 10.2 Å². The first-order valence-corrected chi connectivity index (χ1v) is 7.17. The predicted octanol–water partition coefficient (Wildman–Crippen LogP) is 1.83. The smallest absolute Gasteiger partial charge is 0.250 e. The van der Waals surface area contributed by atoms with Crippen molar-refractivity contribution in [2.75, 3.05) is 29.9 Å². The monoisotopic (exact) mass is 278 g/mol. The van der Waals surface area contributed by atoms with E-state index in [1.165, 1.54) is 6.33 Å². The van der Waals surface area contributed by atoms with Crippen LogP contribution in [-0.2, 0) is 9.53 Å². The zero-order valence-corrected chi connectivity index (χ0v) is 12.1. The molecule has 0 saturated carbocycles. The number of anilines is 2. The standard InChI is InChI=1S/C14H22N4O2/c1-3-11(2)20-9-13(19)17-12-8-15-10-16-14(12)18-6-4-5-7-18/h8,10-11H,3-7,9H2,1-2H3,(H,17,19). The molecule has 1 atom stereocenters. The first kappa shape index (κ1) is 14.7. The molecule has 2 heterocycles. The highest BCUT2D eigenvalue weighted by atomic mass is 16.5. The Labute approximate surface area is 119 Å². The predicted molar refractivity (Wildman–Crippen MR) is 77.8 cm³/mol. The Hall–Kier alpha value is -1.69. The lowest BCUT2D eigenvalue weighted by Gasteiger charge is -2.19. The largest absolute Gasteiger partial charge is 0.369 e. The van der Waals surface area contributed by atoms with Crippen molar-refractivity contribution in [2.45, 2.75) is 39.2 Å². The van der Waals surface area contributed by atoms with Crippen LogP contribution in [0.5, 0.6) is 0 Å². The van der Waals surface area contributed by atoms with Crippen molar-refractivity contribution in [3.63, 3.8) is 0 Å². The van der Waals surface area contributed by atoms with Gasteiger partial charge in [0.2, 0.25) is 0 Å². The molecule has 6 heteroatoms. The Bertz CT molecular complexity index is 447. The summed E-state index contributed by atoms with van der Waals surface area (Å²) in [5.74, 6) is 0.634. The van der Waals surface area contributed by atoms with Crippen LogP contribution in [0.25, 0.3) is 0 Å². The van der Waals surface area contributed by atoms with E-state index in [4.69, 9.17) is 4.74 Å². The van der Waals surface area contributed by atoms with Crippen LogP contribution in [0, 0.1) is 0 Å². The van der Waals surface area contributed by atoms with E-state index in [0.29, 0.717) is 5.69 Å². The highest BCUT2D eigenvalue weighted by Crippen LogP contribution is 2.25. The summed E-state index contributed by atoms with van der Waals surface area (Å²) >= 11 is 0. The number of amides is 1. The summed E-state index contributed by atoms with van der Waals surface area (Å²) in [6, 6.07) is 0. The average Bonchev–Trinajstić information content (AvgIpc) is 2.99. The van der Waals surface area contributed by atoms with Gasteiger partial charge in [0, 0.05) is 13.1 Å². The molecule has 2 rings (SSSR count). The van der Waals surface area contributed by atoms with Gasteiger partial charge in [-0.25, -0.2) is 9.97 Å². The second kappa shape index (κ2) is 7.19. The van der Waals surface area contributed by atoms with Crippen molar-refractivity contribution < 1.29 is 9.53 Å². The number of hydrogen-bond acceptors (Lipinski definition) is 5. The first-order chi connectivity index (χ1) is 9.70.